The SMILES string of the molecule is OCCCCC#C/C=C\CCCCO. The molecule has 0 heterocycles. The van der Waals surface area contributed by atoms with Crippen LogP contribution in [0.1, 0.15) is 38.5 Å². The van der Waals surface area contributed by atoms with Crippen molar-refractivity contribution >= 4 is 0 Å². The van der Waals surface area contributed by atoms with E-state index in [2.05, 4.69) is 11.8 Å². The van der Waals surface area contributed by atoms with Crippen LogP contribution in [0.25, 0.3) is 0 Å². The summed E-state index contributed by atoms with van der Waals surface area (Å²) in [6.07, 6.45) is 9.47. The van der Waals surface area contributed by atoms with Crippen LogP contribution in [0.4, 0.5) is 0 Å². The van der Waals surface area contributed by atoms with Crippen LogP contribution in [0, 0.1) is 11.8 Å². The Morgan fingerprint density at radius 3 is 2.36 bits per heavy atom. The molecule has 0 atom stereocenters. The Kier molecular flexibility index (Phi) is 11.5. The van der Waals surface area contributed by atoms with Crippen LogP contribution >= 0.6 is 0 Å². The molecule has 2 N–H and O–H groups in total. The monoisotopic (exact) mass is 196 g/mol. The Hall–Kier alpha value is -0.780. The van der Waals surface area contributed by atoms with Crippen molar-refractivity contribution in [3.63, 3.8) is 0 Å². The van der Waals surface area contributed by atoms with Gasteiger partial charge in [0, 0.05) is 19.6 Å². The molecular weight excluding hydrogens is 176 g/mol. The maximum Gasteiger partial charge on any atom is 0.0431 e. The number of rotatable bonds is 7. The van der Waals surface area contributed by atoms with Gasteiger partial charge in [0.25, 0.3) is 0 Å². The minimum absolute atomic E-state index is 0.263. The molecule has 0 spiro atoms. The summed E-state index contributed by atoms with van der Waals surface area (Å²) in [7, 11) is 0. The average Bonchev–Trinajstić information content (AvgIpc) is 2.21. The second-order valence-corrected chi connectivity index (χ2v) is 3.12. The van der Waals surface area contributed by atoms with E-state index in [4.69, 9.17) is 10.2 Å². The molecule has 0 fully saturated rings. The lowest BCUT2D eigenvalue weighted by Gasteiger charge is -1.89. The van der Waals surface area contributed by atoms with Crippen LogP contribution in [-0.4, -0.2) is 23.4 Å². The zero-order chi connectivity index (χ0) is 10.5. The zero-order valence-electron chi connectivity index (χ0n) is 8.71. The fourth-order valence-corrected chi connectivity index (χ4v) is 0.973. The number of aliphatic hydroxyl groups is 2. The Balaban J connectivity index is 3.22. The third-order valence-electron chi connectivity index (χ3n) is 1.79. The Morgan fingerprint density at radius 1 is 0.929 bits per heavy atom. The summed E-state index contributed by atoms with van der Waals surface area (Å²) < 4.78 is 0. The van der Waals surface area contributed by atoms with Crippen LogP contribution in [0.15, 0.2) is 12.2 Å². The number of allylic oxidation sites excluding steroid dienone is 2. The first-order chi connectivity index (χ1) is 6.91. The summed E-state index contributed by atoms with van der Waals surface area (Å²) in [5, 5.41) is 17.0. The molecule has 0 aromatic rings. The fourth-order valence-electron chi connectivity index (χ4n) is 0.973. The standard InChI is InChI=1S/C12H20O2/c13-11-9-7-5-3-1-2-4-6-8-10-12-14/h1,3,13-14H,5-12H2/b3-1-. The van der Waals surface area contributed by atoms with Gasteiger partial charge in [-0.05, 0) is 38.2 Å². The number of hydrogen-bond donors (Lipinski definition) is 2. The second kappa shape index (κ2) is 12.2. The van der Waals surface area contributed by atoms with Crippen molar-refractivity contribution in [2.45, 2.75) is 38.5 Å². The molecule has 2 nitrogen and oxygen atoms in total. The summed E-state index contributed by atoms with van der Waals surface area (Å²) in [5.41, 5.74) is 0. The minimum atomic E-state index is 0.263. The van der Waals surface area contributed by atoms with Crippen molar-refractivity contribution in [2.24, 2.45) is 0 Å². The van der Waals surface area contributed by atoms with Gasteiger partial charge in [0.05, 0.1) is 0 Å². The van der Waals surface area contributed by atoms with Gasteiger partial charge in [-0.3, -0.25) is 0 Å². The molecule has 0 aliphatic heterocycles. The van der Waals surface area contributed by atoms with Crippen molar-refractivity contribution in [1.82, 2.24) is 0 Å². The highest BCUT2D eigenvalue weighted by Crippen LogP contribution is 1.95. The van der Waals surface area contributed by atoms with Crippen LogP contribution in [0.2, 0.25) is 0 Å². The van der Waals surface area contributed by atoms with Gasteiger partial charge < -0.3 is 10.2 Å². The van der Waals surface area contributed by atoms with E-state index >= 15 is 0 Å². The van der Waals surface area contributed by atoms with Gasteiger partial charge in [-0.1, -0.05) is 17.9 Å². The van der Waals surface area contributed by atoms with E-state index in [1.807, 2.05) is 12.2 Å². The lowest BCUT2D eigenvalue weighted by Crippen LogP contribution is -1.80. The molecule has 0 aliphatic carbocycles. The topological polar surface area (TPSA) is 40.5 Å². The molecular formula is C12H20O2. The summed E-state index contributed by atoms with van der Waals surface area (Å²) in [6, 6.07) is 0. The molecule has 0 saturated carbocycles. The van der Waals surface area contributed by atoms with Gasteiger partial charge in [-0.2, -0.15) is 0 Å². The third kappa shape index (κ3) is 11.2. The van der Waals surface area contributed by atoms with E-state index in [-0.39, 0.29) is 13.2 Å². The van der Waals surface area contributed by atoms with Crippen molar-refractivity contribution in [1.29, 1.82) is 0 Å². The average molecular weight is 196 g/mol. The summed E-state index contributed by atoms with van der Waals surface area (Å²) in [5.74, 6) is 5.96. The van der Waals surface area contributed by atoms with E-state index in [9.17, 15) is 0 Å². The van der Waals surface area contributed by atoms with E-state index in [1.54, 1.807) is 0 Å². The molecule has 0 aromatic heterocycles. The highest BCUT2D eigenvalue weighted by atomic mass is 16.3. The van der Waals surface area contributed by atoms with Gasteiger partial charge in [0.15, 0.2) is 0 Å². The molecule has 80 valence electrons. The molecule has 0 saturated heterocycles. The molecule has 0 bridgehead atoms. The van der Waals surface area contributed by atoms with Gasteiger partial charge in [-0.15, -0.1) is 0 Å². The van der Waals surface area contributed by atoms with Gasteiger partial charge >= 0.3 is 0 Å². The molecule has 14 heavy (non-hydrogen) atoms. The van der Waals surface area contributed by atoms with E-state index in [0.29, 0.717) is 0 Å². The Labute approximate surface area is 86.7 Å². The number of aliphatic hydroxyl groups excluding tert-OH is 2. The Bertz CT molecular complexity index is 186. The molecule has 0 radical (unpaired) electrons. The molecule has 0 unspecified atom stereocenters. The maximum atomic E-state index is 8.52. The van der Waals surface area contributed by atoms with Crippen LogP contribution < -0.4 is 0 Å². The van der Waals surface area contributed by atoms with E-state index in [1.165, 1.54) is 0 Å². The van der Waals surface area contributed by atoms with Gasteiger partial charge in [-0.25, -0.2) is 0 Å². The first kappa shape index (κ1) is 13.2. The lowest BCUT2D eigenvalue weighted by molar-refractivity contribution is 0.285. The molecule has 2 heteroatoms. The highest BCUT2D eigenvalue weighted by molar-refractivity contribution is 5.14. The predicted molar refractivity (Wildman–Crippen MR) is 58.8 cm³/mol. The third-order valence-corrected chi connectivity index (χ3v) is 1.79. The quantitative estimate of drug-likeness (QED) is 0.482. The second-order valence-electron chi connectivity index (χ2n) is 3.12. The molecule has 0 amide bonds. The van der Waals surface area contributed by atoms with Crippen LogP contribution in [0.5, 0.6) is 0 Å². The first-order valence-corrected chi connectivity index (χ1v) is 5.27. The van der Waals surface area contributed by atoms with Crippen LogP contribution in [0.3, 0.4) is 0 Å². The zero-order valence-corrected chi connectivity index (χ0v) is 8.71. The predicted octanol–water partition coefficient (Wildman–Crippen LogP) is 1.87. The van der Waals surface area contributed by atoms with Crippen molar-refractivity contribution in [2.75, 3.05) is 13.2 Å². The van der Waals surface area contributed by atoms with E-state index in [0.717, 1.165) is 38.5 Å². The summed E-state index contributed by atoms with van der Waals surface area (Å²) >= 11 is 0. The minimum Gasteiger partial charge on any atom is -0.396 e. The van der Waals surface area contributed by atoms with Crippen molar-refractivity contribution in [3.8, 4) is 11.8 Å². The smallest absolute Gasteiger partial charge is 0.0431 e. The van der Waals surface area contributed by atoms with Gasteiger partial charge in [0.1, 0.15) is 0 Å². The summed E-state index contributed by atoms with van der Waals surface area (Å²) in [4.78, 5) is 0. The fraction of sp³-hybridized carbons (Fsp3) is 0.667. The normalized spacial score (nSPS) is 10.1. The largest absolute Gasteiger partial charge is 0.396 e. The number of unbranched alkanes of at least 4 members (excludes halogenated alkanes) is 4. The lowest BCUT2D eigenvalue weighted by atomic mass is 10.2. The Morgan fingerprint density at radius 2 is 1.64 bits per heavy atom. The molecule has 0 aromatic carbocycles. The molecule has 0 aliphatic rings. The van der Waals surface area contributed by atoms with Gasteiger partial charge in [0.2, 0.25) is 0 Å². The summed E-state index contributed by atoms with van der Waals surface area (Å²) in [6.45, 7) is 0.541. The van der Waals surface area contributed by atoms with Crippen molar-refractivity contribution in [3.05, 3.63) is 12.2 Å². The highest BCUT2D eigenvalue weighted by Gasteiger charge is 1.81. The van der Waals surface area contributed by atoms with E-state index < -0.39 is 0 Å². The van der Waals surface area contributed by atoms with Crippen molar-refractivity contribution < 1.29 is 10.2 Å². The molecule has 0 rings (SSSR count). The van der Waals surface area contributed by atoms with Crippen LogP contribution in [-0.2, 0) is 0 Å². The number of hydrogen-bond acceptors (Lipinski definition) is 2. The maximum absolute atomic E-state index is 8.52. The first-order valence-electron chi connectivity index (χ1n) is 5.27.